The van der Waals surface area contributed by atoms with Gasteiger partial charge in [-0.1, -0.05) is 60.7 Å². The van der Waals surface area contributed by atoms with Gasteiger partial charge in [0.1, 0.15) is 24.5 Å². The molecule has 0 spiro atoms. The van der Waals surface area contributed by atoms with E-state index < -0.39 is 6.03 Å². The summed E-state index contributed by atoms with van der Waals surface area (Å²) in [4.78, 5) is 12.7. The van der Waals surface area contributed by atoms with Crippen LogP contribution >= 0.6 is 0 Å². The summed E-state index contributed by atoms with van der Waals surface area (Å²) in [5, 5.41) is 35.5. The number of benzene rings is 3. The molecule has 3 aromatic carbocycles. The van der Waals surface area contributed by atoms with Crippen LogP contribution in [0.25, 0.3) is 11.3 Å². The molecule has 0 aliphatic rings. The Labute approximate surface area is 213 Å². The van der Waals surface area contributed by atoms with E-state index >= 15 is 0 Å². The van der Waals surface area contributed by atoms with E-state index in [0.717, 1.165) is 5.56 Å². The summed E-state index contributed by atoms with van der Waals surface area (Å²) in [6, 6.07) is 32.1. The molecule has 2 amide bonds. The summed E-state index contributed by atoms with van der Waals surface area (Å²) in [5.41, 5.74) is 2.61. The number of urea groups is 1. The molecule has 0 atom stereocenters. The maximum absolute atomic E-state index is 12.7. The van der Waals surface area contributed by atoms with Gasteiger partial charge in [0.2, 0.25) is 0 Å². The molecule has 0 saturated heterocycles. The first-order valence-electron chi connectivity index (χ1n) is 11.2. The molecule has 0 aliphatic heterocycles. The smallest absolute Gasteiger partial charge is 0.324 e. The van der Waals surface area contributed by atoms with E-state index in [1.54, 1.807) is 48.5 Å². The third-order valence-corrected chi connectivity index (χ3v) is 5.09. The van der Waals surface area contributed by atoms with Crippen LogP contribution in [0, 0.1) is 22.7 Å². The quantitative estimate of drug-likeness (QED) is 0.276. The number of nitriles is 2. The molecule has 0 unspecified atom stereocenters. The Morgan fingerprint density at radius 1 is 0.730 bits per heavy atom. The van der Waals surface area contributed by atoms with Crippen molar-refractivity contribution in [3.8, 4) is 29.1 Å². The molecular weight excluding hydrogens is 466 g/mol. The van der Waals surface area contributed by atoms with Gasteiger partial charge in [0.15, 0.2) is 11.4 Å². The summed E-state index contributed by atoms with van der Waals surface area (Å²) >= 11 is 0. The van der Waals surface area contributed by atoms with E-state index in [9.17, 15) is 15.3 Å². The second-order valence-electron chi connectivity index (χ2n) is 7.60. The molecule has 4 rings (SSSR count). The van der Waals surface area contributed by atoms with E-state index in [-0.39, 0.29) is 23.7 Å². The summed E-state index contributed by atoms with van der Waals surface area (Å²) < 4.78 is 5.73. The number of hydrogen-bond acceptors (Lipinski definition) is 7. The van der Waals surface area contributed by atoms with Gasteiger partial charge < -0.3 is 15.4 Å². The van der Waals surface area contributed by atoms with Crippen LogP contribution in [0.2, 0.25) is 0 Å². The fraction of sp³-hybridized carbons (Fsp3) is 0.0357. The van der Waals surface area contributed by atoms with E-state index in [2.05, 4.69) is 26.1 Å². The molecule has 1 heterocycles. The van der Waals surface area contributed by atoms with Gasteiger partial charge >= 0.3 is 6.03 Å². The minimum Gasteiger partial charge on any atom is -0.487 e. The first-order valence-corrected chi connectivity index (χ1v) is 11.2. The molecule has 1 aromatic heterocycles. The second kappa shape index (κ2) is 12.2. The molecular formula is C28H21N7O2. The average molecular weight is 488 g/mol. The predicted molar refractivity (Wildman–Crippen MR) is 140 cm³/mol. The average Bonchev–Trinajstić information content (AvgIpc) is 2.94. The molecule has 9 nitrogen and oxygen atoms in total. The third-order valence-electron chi connectivity index (χ3n) is 5.09. The number of para-hydroxylation sites is 3. The predicted octanol–water partition coefficient (Wildman–Crippen LogP) is 5.58. The highest BCUT2D eigenvalue weighted by Crippen LogP contribution is 2.24. The van der Waals surface area contributed by atoms with Crippen LogP contribution in [0.5, 0.6) is 5.75 Å². The zero-order chi connectivity index (χ0) is 25.9. The Kier molecular flexibility index (Phi) is 8.03. The van der Waals surface area contributed by atoms with E-state index in [1.165, 1.54) is 0 Å². The number of anilines is 3. The van der Waals surface area contributed by atoms with Gasteiger partial charge in [0.25, 0.3) is 0 Å². The first kappa shape index (κ1) is 24.5. The maximum Gasteiger partial charge on any atom is 0.324 e. The molecule has 4 aromatic rings. The minimum atomic E-state index is -0.539. The van der Waals surface area contributed by atoms with Gasteiger partial charge in [-0.05, 0) is 36.4 Å². The number of nitrogens with one attached hydrogen (secondary N) is 3. The van der Waals surface area contributed by atoms with E-state index in [1.807, 2.05) is 60.7 Å². The van der Waals surface area contributed by atoms with Crippen LogP contribution in [-0.2, 0) is 0 Å². The molecule has 37 heavy (non-hydrogen) atoms. The number of carbonyl (C=O) groups is 1. The third kappa shape index (κ3) is 6.69. The van der Waals surface area contributed by atoms with Gasteiger partial charge in [-0.3, -0.25) is 5.32 Å². The Morgan fingerprint density at radius 3 is 1.97 bits per heavy atom. The Balaban J connectivity index is 1.45. The van der Waals surface area contributed by atoms with Crippen molar-refractivity contribution in [1.82, 2.24) is 10.2 Å². The number of rotatable bonds is 8. The number of ether oxygens (including phenoxy) is 1. The molecule has 0 fully saturated rings. The number of amides is 2. The number of aromatic nitrogens is 2. The van der Waals surface area contributed by atoms with Crippen LogP contribution in [0.3, 0.4) is 0 Å². The number of nitrogens with zero attached hydrogens (tertiary/aromatic N) is 4. The van der Waals surface area contributed by atoms with Crippen molar-refractivity contribution >= 4 is 23.2 Å². The largest absolute Gasteiger partial charge is 0.487 e. The lowest BCUT2D eigenvalue weighted by Crippen LogP contribution is -2.21. The monoisotopic (exact) mass is 487 g/mol. The minimum absolute atomic E-state index is 0.0512. The lowest BCUT2D eigenvalue weighted by Gasteiger charge is -2.16. The lowest BCUT2D eigenvalue weighted by atomic mass is 10.1. The van der Waals surface area contributed by atoms with Crippen LogP contribution in [-0.4, -0.2) is 22.8 Å². The van der Waals surface area contributed by atoms with Gasteiger partial charge in [-0.15, -0.1) is 10.2 Å². The van der Waals surface area contributed by atoms with Crippen molar-refractivity contribution in [3.63, 3.8) is 0 Å². The fourth-order valence-electron chi connectivity index (χ4n) is 3.30. The zero-order valence-electron chi connectivity index (χ0n) is 19.6. The first-order chi connectivity index (χ1) is 18.2. The molecule has 3 N–H and O–H groups in total. The number of allylic oxidation sites excluding steroid dienone is 1. The Morgan fingerprint density at radius 2 is 1.35 bits per heavy atom. The van der Waals surface area contributed by atoms with Gasteiger partial charge in [-0.25, -0.2) is 4.79 Å². The van der Waals surface area contributed by atoms with Crippen LogP contribution < -0.4 is 20.7 Å². The number of hydrogen-bond donors (Lipinski definition) is 3. The molecule has 180 valence electrons. The highest BCUT2D eigenvalue weighted by atomic mass is 16.5. The molecule has 0 bridgehead atoms. The second-order valence-corrected chi connectivity index (χ2v) is 7.60. The topological polar surface area (TPSA) is 136 Å². The van der Waals surface area contributed by atoms with Crippen molar-refractivity contribution in [2.45, 2.75) is 0 Å². The van der Waals surface area contributed by atoms with Gasteiger partial charge in [-0.2, -0.15) is 10.5 Å². The number of carbonyl (C=O) groups excluding carboxylic acids is 1. The fourth-order valence-corrected chi connectivity index (χ4v) is 3.30. The van der Waals surface area contributed by atoms with E-state index in [4.69, 9.17) is 4.74 Å². The van der Waals surface area contributed by atoms with Crippen molar-refractivity contribution in [3.05, 3.63) is 108 Å². The molecule has 9 heteroatoms. The summed E-state index contributed by atoms with van der Waals surface area (Å²) in [6.07, 6.45) is 0. The maximum atomic E-state index is 12.7. The van der Waals surface area contributed by atoms with E-state index in [0.29, 0.717) is 22.8 Å². The van der Waals surface area contributed by atoms with Crippen LogP contribution in [0.15, 0.2) is 108 Å². The Hall–Kier alpha value is -5.67. The molecule has 0 radical (unpaired) electrons. The van der Waals surface area contributed by atoms with Gasteiger partial charge in [0.05, 0.1) is 22.8 Å². The SMILES string of the molecule is N#CC(C#N)=C(COc1ccccc1)Nc1ccccc1NC(=O)Nc1ccc(-c2ccccc2)nn1. The standard InChI is InChI=1S/C28H21N7O2/c29-17-21(18-30)26(19-37-22-11-5-2-6-12-22)31-24-13-7-8-14-25(24)32-28(36)33-27-16-15-23(34-35-27)20-9-3-1-4-10-20/h1-16,31H,19H2,(H2,32,33,35,36). The molecule has 0 aliphatic carbocycles. The highest BCUT2D eigenvalue weighted by Gasteiger charge is 2.13. The summed E-state index contributed by atoms with van der Waals surface area (Å²) in [5.74, 6) is 0.859. The Bertz CT molecular complexity index is 1460. The molecule has 0 saturated carbocycles. The van der Waals surface area contributed by atoms with Crippen molar-refractivity contribution < 1.29 is 9.53 Å². The van der Waals surface area contributed by atoms with Crippen molar-refractivity contribution in [2.75, 3.05) is 22.6 Å². The van der Waals surface area contributed by atoms with Crippen molar-refractivity contribution in [1.29, 1.82) is 10.5 Å². The zero-order valence-corrected chi connectivity index (χ0v) is 19.6. The lowest BCUT2D eigenvalue weighted by molar-refractivity contribution is 0.262. The van der Waals surface area contributed by atoms with Crippen LogP contribution in [0.4, 0.5) is 22.0 Å². The van der Waals surface area contributed by atoms with Gasteiger partial charge in [0, 0.05) is 5.56 Å². The van der Waals surface area contributed by atoms with Crippen LogP contribution in [0.1, 0.15) is 0 Å². The summed E-state index contributed by atoms with van der Waals surface area (Å²) in [7, 11) is 0. The normalized spacial score (nSPS) is 9.78. The summed E-state index contributed by atoms with van der Waals surface area (Å²) in [6.45, 7) is -0.0512. The highest BCUT2D eigenvalue weighted by molar-refractivity contribution is 6.01. The van der Waals surface area contributed by atoms with Crippen molar-refractivity contribution in [2.24, 2.45) is 0 Å².